The van der Waals surface area contributed by atoms with Crippen LogP contribution in [0.2, 0.25) is 0 Å². The van der Waals surface area contributed by atoms with Crippen molar-refractivity contribution in [3.05, 3.63) is 49.1 Å². The predicted octanol–water partition coefficient (Wildman–Crippen LogP) is 2.38. The van der Waals surface area contributed by atoms with Gasteiger partial charge in [-0.3, -0.25) is 9.11 Å². The van der Waals surface area contributed by atoms with Crippen LogP contribution in [0, 0.1) is 5.92 Å². The van der Waals surface area contributed by atoms with Crippen LogP contribution in [0.4, 0.5) is 0 Å². The van der Waals surface area contributed by atoms with Gasteiger partial charge < -0.3 is 102 Å². The number of ether oxygens (including phenoxy) is 15. The standard InChI is InChI=1S/C66H100O29S2/c1-10-12-31(2)13-17-62(5,72)58-33(4)21-42-41(87-58)27-51-66(9,93-42)59(91-61-55(71)53(69)47(89-61)30-79-60-54(70)52(68)46(29-67)88-60)57-45(86-51)25-44-56(90-57)32(3)14-18-64(7)49(85-44)28-48-65(8,95-64)19-15-34-35(84-48)22-37-36(81-34)23-38-39(82-37)24-43-40(83-38)26-50(94-97(76,77)78)63(6,92-43)16-11-20-80-96(73,74)75/h10,13,17,32,34-61,67-72H,1-2,4,11-12,14-16,18-30H2,3,5-9H3,(H,73,74,75)(H,76,77,78)/b17-13+/t32-,34-,35+,36+,37-,38-,39+,40+,41+,42-,43-,44-,45+,46+,47-,48-,49+,50+,51-,52+,53-,54+,55+,56+,57-,58-,59+,60+,61+,62+,63+,64-,65+,66+/m0/s1. The Morgan fingerprint density at radius 2 is 1.23 bits per heavy atom. The first-order chi connectivity index (χ1) is 45.7. The number of fused-ring (bicyclic) bond motifs is 10. The number of aliphatic hydroxyl groups is 6. The van der Waals surface area contributed by atoms with Gasteiger partial charge in [0.05, 0.1) is 134 Å². The Morgan fingerprint density at radius 3 is 1.89 bits per heavy atom. The molecule has 0 aromatic heterocycles. The molecule has 0 aromatic rings. The van der Waals surface area contributed by atoms with Crippen LogP contribution in [0.1, 0.15) is 138 Å². The summed E-state index contributed by atoms with van der Waals surface area (Å²) in [6.07, 6.45) is -12.1. The minimum atomic E-state index is -4.95. The Balaban J connectivity index is 0.710. The molecule has 0 saturated carbocycles. The molecule has 13 aliphatic heterocycles. The fourth-order valence-corrected chi connectivity index (χ4v) is 18.9. The second kappa shape index (κ2) is 27.7. The van der Waals surface area contributed by atoms with Gasteiger partial charge in [-0.25, -0.2) is 8.37 Å². The van der Waals surface area contributed by atoms with Crippen LogP contribution in [-0.4, -0.2) is 276 Å². The minimum Gasteiger partial charge on any atom is -0.394 e. The van der Waals surface area contributed by atoms with E-state index in [9.17, 15) is 52.0 Å². The molecule has 13 heterocycles. The van der Waals surface area contributed by atoms with Gasteiger partial charge in [-0.2, -0.15) is 16.8 Å². The smallest absolute Gasteiger partial charge is 0.394 e. The van der Waals surface area contributed by atoms with Crippen LogP contribution in [0.25, 0.3) is 0 Å². The second-order valence-electron chi connectivity index (χ2n) is 30.5. The highest BCUT2D eigenvalue weighted by molar-refractivity contribution is 7.81. The van der Waals surface area contributed by atoms with Crippen LogP contribution >= 0.6 is 0 Å². The van der Waals surface area contributed by atoms with Crippen LogP contribution < -0.4 is 0 Å². The third kappa shape index (κ3) is 14.7. The van der Waals surface area contributed by atoms with Crippen molar-refractivity contribution in [3.8, 4) is 0 Å². The Kier molecular flexibility index (Phi) is 20.9. The summed E-state index contributed by atoms with van der Waals surface area (Å²) in [5, 5.41) is 65.8. The van der Waals surface area contributed by atoms with Gasteiger partial charge in [0.1, 0.15) is 72.2 Å². The first-order valence-corrected chi connectivity index (χ1v) is 37.2. The topological polar surface area (TPSA) is 387 Å². The molecule has 0 aromatic carbocycles. The normalized spacial score (nSPS) is 51.2. The fraction of sp³-hybridized carbons (Fsp3) is 0.879. The Labute approximate surface area is 566 Å². The van der Waals surface area contributed by atoms with Gasteiger partial charge in [-0.15, -0.1) is 6.58 Å². The van der Waals surface area contributed by atoms with Gasteiger partial charge >= 0.3 is 20.8 Å². The van der Waals surface area contributed by atoms with E-state index >= 15 is 0 Å². The fourth-order valence-electron chi connectivity index (χ4n) is 18.0. The molecular formula is C66H100O29S2. The highest BCUT2D eigenvalue weighted by Gasteiger charge is 2.67. The summed E-state index contributed by atoms with van der Waals surface area (Å²) in [4.78, 5) is 0. The Morgan fingerprint density at radius 1 is 0.649 bits per heavy atom. The van der Waals surface area contributed by atoms with Crippen molar-refractivity contribution in [1.82, 2.24) is 0 Å². The van der Waals surface area contributed by atoms with E-state index in [4.69, 9.17) is 79.8 Å². The lowest BCUT2D eigenvalue weighted by Gasteiger charge is -2.61. The zero-order chi connectivity index (χ0) is 69.3. The molecule has 29 nitrogen and oxygen atoms in total. The lowest BCUT2D eigenvalue weighted by molar-refractivity contribution is -0.387. The summed E-state index contributed by atoms with van der Waals surface area (Å²) in [5.41, 5.74) is -4.29. The largest absolute Gasteiger partial charge is 0.397 e. The van der Waals surface area contributed by atoms with E-state index in [0.717, 1.165) is 5.57 Å². The molecule has 13 fully saturated rings. The summed E-state index contributed by atoms with van der Waals surface area (Å²) >= 11 is 0. The van der Waals surface area contributed by atoms with Gasteiger partial charge in [0.2, 0.25) is 0 Å². The van der Waals surface area contributed by atoms with Crippen LogP contribution in [-0.2, 0) is 100 Å². The first kappa shape index (κ1) is 73.2. The van der Waals surface area contributed by atoms with E-state index in [-0.39, 0.29) is 56.0 Å². The molecule has 550 valence electrons. The van der Waals surface area contributed by atoms with Gasteiger partial charge in [0.25, 0.3) is 0 Å². The maximum absolute atomic E-state index is 12.1. The molecule has 0 spiro atoms. The van der Waals surface area contributed by atoms with Gasteiger partial charge in [0, 0.05) is 44.9 Å². The number of aliphatic hydroxyl groups excluding tert-OH is 5. The van der Waals surface area contributed by atoms with Crippen LogP contribution in [0.15, 0.2) is 49.1 Å². The molecule has 31 heteroatoms. The van der Waals surface area contributed by atoms with E-state index in [0.29, 0.717) is 76.2 Å². The highest BCUT2D eigenvalue weighted by Crippen LogP contribution is 2.55. The van der Waals surface area contributed by atoms with E-state index < -0.39 is 215 Å². The van der Waals surface area contributed by atoms with E-state index in [1.54, 1.807) is 32.1 Å². The molecule has 8 N–H and O–H groups in total. The number of hydrogen-bond acceptors (Lipinski definition) is 27. The SMILES string of the molecule is C=CCC(=C)/C=C/[C@@](C)(O)[C@H]1O[C@@H]2C[C@@H]3O[C@@H]4C[C@@H]5O[C@@H]6C[C@@H]7O[C@@H]8C[C@@H]9O[C@@H]%10C[C@@H]%11O[C@](C)(CCCOS(=O)(=O)O)[C@H](OS(=O)(=O)O)C[C@H]%11O[C@H]%10C[C@H]9O[C@H]8CC[C@@]7(C)O[C@@]6(C)CC[C@H](C)[C@H]5O[C@@H]4[C@@H](O[C@H]4O[C@@H](CO[C@@H]5O[C@H](CO)[C@@H](O)[C@H]5O)[C@H](O)[C@H]4O)[C@]3(C)O[C@H]2CC1=C. The first-order valence-electron chi connectivity index (χ1n) is 34.5. The highest BCUT2D eigenvalue weighted by atomic mass is 32.3. The third-order valence-electron chi connectivity index (χ3n) is 23.3. The van der Waals surface area contributed by atoms with Crippen molar-refractivity contribution in [2.24, 2.45) is 5.92 Å². The molecule has 0 radical (unpaired) electrons. The number of hydrogen-bond donors (Lipinski definition) is 8. The van der Waals surface area contributed by atoms with Crippen LogP contribution in [0.5, 0.6) is 0 Å². The quantitative estimate of drug-likeness (QED) is 0.0423. The molecule has 0 aliphatic carbocycles. The van der Waals surface area contributed by atoms with Gasteiger partial charge in [0.15, 0.2) is 12.6 Å². The third-order valence-corrected chi connectivity index (χ3v) is 24.3. The molecule has 0 unspecified atom stereocenters. The molecule has 13 saturated heterocycles. The molecule has 13 rings (SSSR count). The predicted molar refractivity (Wildman–Crippen MR) is 334 cm³/mol. The van der Waals surface area contributed by atoms with Crippen molar-refractivity contribution >= 4 is 20.8 Å². The molecule has 0 bridgehead atoms. The molecule has 97 heavy (non-hydrogen) atoms. The van der Waals surface area contributed by atoms with E-state index in [1.807, 2.05) is 6.92 Å². The average molecular weight is 1420 g/mol. The maximum Gasteiger partial charge on any atom is 0.397 e. The van der Waals surface area contributed by atoms with Crippen molar-refractivity contribution < 1.29 is 136 Å². The molecule has 0 amide bonds. The summed E-state index contributed by atoms with van der Waals surface area (Å²) < 4.78 is 178. The second-order valence-corrected chi connectivity index (χ2v) is 32.7. The monoisotopic (exact) mass is 1420 g/mol. The summed E-state index contributed by atoms with van der Waals surface area (Å²) in [6, 6.07) is 0. The Hall–Kier alpha value is -2.14. The Bertz CT molecular complexity index is 3120. The van der Waals surface area contributed by atoms with Crippen molar-refractivity contribution in [2.75, 3.05) is 19.8 Å². The van der Waals surface area contributed by atoms with Crippen molar-refractivity contribution in [2.45, 2.75) is 337 Å². The van der Waals surface area contributed by atoms with Crippen molar-refractivity contribution in [1.29, 1.82) is 0 Å². The van der Waals surface area contributed by atoms with Crippen molar-refractivity contribution in [3.63, 3.8) is 0 Å². The maximum atomic E-state index is 12.1. The zero-order valence-corrected chi connectivity index (χ0v) is 57.4. The lowest BCUT2D eigenvalue weighted by atomic mass is 9.72. The molecular weight excluding hydrogens is 1320 g/mol. The van der Waals surface area contributed by atoms with Crippen LogP contribution in [0.3, 0.4) is 0 Å². The van der Waals surface area contributed by atoms with E-state index in [1.165, 1.54) is 0 Å². The average Bonchev–Trinajstić information content (AvgIpc) is 1.63. The minimum absolute atomic E-state index is 0.0312. The molecule has 34 atom stereocenters. The molecule has 13 aliphatic rings. The zero-order valence-electron chi connectivity index (χ0n) is 55.8. The van der Waals surface area contributed by atoms with Gasteiger partial charge in [-0.1, -0.05) is 43.9 Å². The number of allylic oxidation sites excluding steroid dienone is 3. The van der Waals surface area contributed by atoms with Gasteiger partial charge in [-0.05, 0) is 97.5 Å². The summed E-state index contributed by atoms with van der Waals surface area (Å²) in [7, 11) is -9.67. The number of rotatable bonds is 18. The van der Waals surface area contributed by atoms with E-state index in [2.05, 4.69) is 44.7 Å². The summed E-state index contributed by atoms with van der Waals surface area (Å²) in [6.45, 7) is 22.4. The lowest BCUT2D eigenvalue weighted by Crippen LogP contribution is -2.75. The summed E-state index contributed by atoms with van der Waals surface area (Å²) in [5.74, 6) is -0.0953.